The molecule has 1 aromatic heterocycles. The van der Waals surface area contributed by atoms with Gasteiger partial charge in [-0.1, -0.05) is 13.8 Å². The fourth-order valence-corrected chi connectivity index (χ4v) is 3.78. The molecule has 6 nitrogen and oxygen atoms in total. The SMILES string of the molecule is CN=C(NCCCCc1nc(C)cs1)NC1CCN(C(=O)C(C)C)C1. The van der Waals surface area contributed by atoms with E-state index in [1.54, 1.807) is 18.4 Å². The highest BCUT2D eigenvalue weighted by Gasteiger charge is 2.27. The Morgan fingerprint density at radius 2 is 2.28 bits per heavy atom. The molecule has 2 N–H and O–H groups in total. The molecule has 0 aliphatic carbocycles. The summed E-state index contributed by atoms with van der Waals surface area (Å²) in [6.07, 6.45) is 4.22. The minimum atomic E-state index is 0.0674. The van der Waals surface area contributed by atoms with Crippen LogP contribution in [0, 0.1) is 12.8 Å². The van der Waals surface area contributed by atoms with E-state index in [0.717, 1.165) is 57.0 Å². The van der Waals surface area contributed by atoms with Crippen molar-refractivity contribution in [2.75, 3.05) is 26.7 Å². The normalized spacial score (nSPS) is 18.0. The second-order valence-electron chi connectivity index (χ2n) is 6.91. The molecule has 0 aromatic carbocycles. The van der Waals surface area contributed by atoms with Crippen molar-refractivity contribution in [3.63, 3.8) is 0 Å². The molecule has 7 heteroatoms. The van der Waals surface area contributed by atoms with Crippen molar-refractivity contribution in [1.29, 1.82) is 0 Å². The molecule has 0 bridgehead atoms. The van der Waals surface area contributed by atoms with Crippen LogP contribution in [0.4, 0.5) is 0 Å². The Morgan fingerprint density at radius 3 is 2.92 bits per heavy atom. The van der Waals surface area contributed by atoms with E-state index < -0.39 is 0 Å². The van der Waals surface area contributed by atoms with Crippen molar-refractivity contribution >= 4 is 23.2 Å². The molecule has 1 amide bonds. The van der Waals surface area contributed by atoms with Gasteiger partial charge in [0.25, 0.3) is 0 Å². The number of hydrogen-bond acceptors (Lipinski definition) is 4. The lowest BCUT2D eigenvalue weighted by atomic mass is 10.2. The Morgan fingerprint density at radius 1 is 1.48 bits per heavy atom. The van der Waals surface area contributed by atoms with Gasteiger partial charge in [-0.05, 0) is 32.6 Å². The van der Waals surface area contributed by atoms with Crippen molar-refractivity contribution < 1.29 is 4.79 Å². The van der Waals surface area contributed by atoms with Crippen LogP contribution in [0.25, 0.3) is 0 Å². The van der Waals surface area contributed by atoms with Crippen LogP contribution in [0.3, 0.4) is 0 Å². The minimum absolute atomic E-state index is 0.0674. The molecule has 25 heavy (non-hydrogen) atoms. The van der Waals surface area contributed by atoms with Crippen molar-refractivity contribution in [2.45, 2.75) is 52.5 Å². The highest BCUT2D eigenvalue weighted by molar-refractivity contribution is 7.09. The zero-order valence-corrected chi connectivity index (χ0v) is 16.7. The van der Waals surface area contributed by atoms with Crippen LogP contribution >= 0.6 is 11.3 Å². The fourth-order valence-electron chi connectivity index (χ4n) is 2.96. The van der Waals surface area contributed by atoms with Crippen LogP contribution < -0.4 is 10.6 Å². The third kappa shape index (κ3) is 6.30. The zero-order chi connectivity index (χ0) is 18.2. The number of nitrogens with zero attached hydrogens (tertiary/aromatic N) is 3. The van der Waals surface area contributed by atoms with Crippen molar-refractivity contribution in [2.24, 2.45) is 10.9 Å². The zero-order valence-electron chi connectivity index (χ0n) is 15.8. The molecular formula is C18H31N5OS. The number of thiazole rings is 1. The molecule has 0 radical (unpaired) electrons. The van der Waals surface area contributed by atoms with Crippen LogP contribution in [-0.4, -0.2) is 54.5 Å². The first kappa shape index (κ1) is 19.7. The number of carbonyl (C=O) groups excluding carboxylic acids is 1. The average Bonchev–Trinajstić information content (AvgIpc) is 3.21. The number of nitrogens with one attached hydrogen (secondary N) is 2. The van der Waals surface area contributed by atoms with Gasteiger partial charge in [-0.3, -0.25) is 9.79 Å². The number of aromatic nitrogens is 1. The molecule has 1 aromatic rings. The molecule has 2 heterocycles. The summed E-state index contributed by atoms with van der Waals surface area (Å²) in [6.45, 7) is 8.44. The Bertz CT molecular complexity index is 584. The number of hydrogen-bond donors (Lipinski definition) is 2. The van der Waals surface area contributed by atoms with Crippen LogP contribution in [0.1, 0.15) is 43.8 Å². The number of likely N-dealkylation sites (tertiary alicyclic amines) is 1. The lowest BCUT2D eigenvalue weighted by Crippen LogP contribution is -2.45. The minimum Gasteiger partial charge on any atom is -0.356 e. The molecule has 1 aliphatic heterocycles. The molecule has 0 spiro atoms. The summed E-state index contributed by atoms with van der Waals surface area (Å²) in [5, 5.41) is 10.1. The van der Waals surface area contributed by atoms with E-state index in [-0.39, 0.29) is 17.9 Å². The third-order valence-electron chi connectivity index (χ3n) is 4.33. The molecule has 1 fully saturated rings. The number of amides is 1. The van der Waals surface area contributed by atoms with Gasteiger partial charge in [-0.25, -0.2) is 4.98 Å². The summed E-state index contributed by atoms with van der Waals surface area (Å²) >= 11 is 1.74. The van der Waals surface area contributed by atoms with Crippen LogP contribution in [-0.2, 0) is 11.2 Å². The van der Waals surface area contributed by atoms with Crippen molar-refractivity contribution in [1.82, 2.24) is 20.5 Å². The molecule has 1 atom stereocenters. The fraction of sp³-hybridized carbons (Fsp3) is 0.722. The number of carbonyl (C=O) groups is 1. The molecule has 140 valence electrons. The standard InChI is InChI=1S/C18H31N5OS/c1-13(2)17(24)23-10-8-15(11-23)22-18(19-4)20-9-6-5-7-16-21-14(3)12-25-16/h12-13,15H,5-11H2,1-4H3,(H2,19,20,22). The van der Waals surface area contributed by atoms with Gasteiger partial charge in [0.05, 0.1) is 5.01 Å². The van der Waals surface area contributed by atoms with Gasteiger partial charge in [0.2, 0.25) is 5.91 Å². The predicted octanol–water partition coefficient (Wildman–Crippen LogP) is 2.20. The molecule has 0 saturated carbocycles. The summed E-state index contributed by atoms with van der Waals surface area (Å²) in [7, 11) is 1.79. The molecule has 1 unspecified atom stereocenters. The summed E-state index contributed by atoms with van der Waals surface area (Å²) in [4.78, 5) is 22.8. The monoisotopic (exact) mass is 365 g/mol. The summed E-state index contributed by atoms with van der Waals surface area (Å²) in [5.74, 6) is 1.14. The first-order valence-electron chi connectivity index (χ1n) is 9.16. The van der Waals surface area contributed by atoms with E-state index in [0.29, 0.717) is 0 Å². The smallest absolute Gasteiger partial charge is 0.225 e. The molecular weight excluding hydrogens is 334 g/mol. The lowest BCUT2D eigenvalue weighted by Gasteiger charge is -2.20. The number of unbranched alkanes of at least 4 members (excludes halogenated alkanes) is 1. The largest absolute Gasteiger partial charge is 0.356 e. The van der Waals surface area contributed by atoms with E-state index in [9.17, 15) is 4.79 Å². The molecule has 1 aliphatic rings. The highest BCUT2D eigenvalue weighted by atomic mass is 32.1. The maximum absolute atomic E-state index is 12.1. The van der Waals surface area contributed by atoms with Gasteiger partial charge < -0.3 is 15.5 Å². The van der Waals surface area contributed by atoms with Gasteiger partial charge in [0.15, 0.2) is 5.96 Å². The van der Waals surface area contributed by atoms with Crippen LogP contribution in [0.5, 0.6) is 0 Å². The lowest BCUT2D eigenvalue weighted by molar-refractivity contribution is -0.133. The Labute approximate surface area is 155 Å². The number of aryl methyl sites for hydroxylation is 2. The Balaban J connectivity index is 1.63. The summed E-state index contributed by atoms with van der Waals surface area (Å²) in [5.41, 5.74) is 1.12. The van der Waals surface area contributed by atoms with Crippen LogP contribution in [0.15, 0.2) is 10.4 Å². The van der Waals surface area contributed by atoms with Crippen molar-refractivity contribution in [3.05, 3.63) is 16.1 Å². The second kappa shape index (κ2) is 9.75. The Hall–Kier alpha value is -1.63. The second-order valence-corrected chi connectivity index (χ2v) is 7.85. The van der Waals surface area contributed by atoms with Gasteiger partial charge in [-0.15, -0.1) is 11.3 Å². The topological polar surface area (TPSA) is 69.6 Å². The predicted molar refractivity (Wildman–Crippen MR) is 104 cm³/mol. The third-order valence-corrected chi connectivity index (χ3v) is 5.36. The van der Waals surface area contributed by atoms with E-state index in [1.807, 2.05) is 25.7 Å². The van der Waals surface area contributed by atoms with E-state index in [4.69, 9.17) is 0 Å². The van der Waals surface area contributed by atoms with Gasteiger partial charge in [-0.2, -0.15) is 0 Å². The molecule has 1 saturated heterocycles. The Kier molecular flexibility index (Phi) is 7.68. The van der Waals surface area contributed by atoms with E-state index in [2.05, 4.69) is 26.0 Å². The quantitative estimate of drug-likeness (QED) is 0.441. The van der Waals surface area contributed by atoms with Crippen molar-refractivity contribution in [3.8, 4) is 0 Å². The number of rotatable bonds is 7. The van der Waals surface area contributed by atoms with Gasteiger partial charge in [0.1, 0.15) is 0 Å². The van der Waals surface area contributed by atoms with Crippen LogP contribution in [0.2, 0.25) is 0 Å². The number of guanidine groups is 1. The average molecular weight is 366 g/mol. The maximum Gasteiger partial charge on any atom is 0.225 e. The van der Waals surface area contributed by atoms with E-state index >= 15 is 0 Å². The first-order chi connectivity index (χ1) is 12.0. The van der Waals surface area contributed by atoms with Gasteiger partial charge >= 0.3 is 0 Å². The van der Waals surface area contributed by atoms with Gasteiger partial charge in [0, 0.05) is 49.7 Å². The molecule has 2 rings (SSSR count). The summed E-state index contributed by atoms with van der Waals surface area (Å²) in [6, 6.07) is 0.284. The highest BCUT2D eigenvalue weighted by Crippen LogP contribution is 2.13. The van der Waals surface area contributed by atoms with E-state index in [1.165, 1.54) is 5.01 Å². The first-order valence-corrected chi connectivity index (χ1v) is 10.0. The maximum atomic E-state index is 12.1. The summed E-state index contributed by atoms with van der Waals surface area (Å²) < 4.78 is 0. The number of aliphatic imine (C=N–C) groups is 1.